The molecule has 0 N–H and O–H groups in total. The van der Waals surface area contributed by atoms with Crippen LogP contribution in [0.25, 0.3) is 11.4 Å². The number of aromatic nitrogens is 2. The van der Waals surface area contributed by atoms with Gasteiger partial charge in [0, 0.05) is 5.56 Å². The minimum Gasteiger partial charge on any atom is -0.468 e. The van der Waals surface area contributed by atoms with E-state index in [1.54, 1.807) is 11.9 Å². The van der Waals surface area contributed by atoms with Gasteiger partial charge in [-0.05, 0) is 7.05 Å². The Hall–Kier alpha value is -2.21. The van der Waals surface area contributed by atoms with E-state index in [0.717, 1.165) is 5.56 Å². The number of carbonyl (C=O) groups excluding carboxylic acids is 1. The maximum atomic E-state index is 11.1. The summed E-state index contributed by atoms with van der Waals surface area (Å²) in [6, 6.07) is 9.57. The second-order valence-electron chi connectivity index (χ2n) is 4.13. The van der Waals surface area contributed by atoms with E-state index in [2.05, 4.69) is 14.9 Å². The van der Waals surface area contributed by atoms with Gasteiger partial charge in [0.15, 0.2) is 0 Å². The van der Waals surface area contributed by atoms with E-state index in [1.807, 2.05) is 30.3 Å². The highest BCUT2D eigenvalue weighted by atomic mass is 16.5. The fourth-order valence-corrected chi connectivity index (χ4v) is 1.60. The lowest BCUT2D eigenvalue weighted by molar-refractivity contribution is -0.141. The fraction of sp³-hybridized carbons (Fsp3) is 0.308. The molecule has 0 fully saturated rings. The minimum absolute atomic E-state index is 0.180. The molecule has 0 bridgehead atoms. The van der Waals surface area contributed by atoms with Gasteiger partial charge in [-0.2, -0.15) is 4.98 Å². The van der Waals surface area contributed by atoms with Crippen LogP contribution in [0.4, 0.5) is 0 Å². The summed E-state index contributed by atoms with van der Waals surface area (Å²) in [5.74, 6) is 0.706. The molecular formula is C13H15N3O3. The number of carbonyl (C=O) groups is 1. The van der Waals surface area contributed by atoms with Crippen molar-refractivity contribution in [3.05, 3.63) is 36.2 Å². The Labute approximate surface area is 111 Å². The molecule has 0 atom stereocenters. The standard InChI is InChI=1S/C13H15N3O3/c1-16(9-12(17)18-2)8-11-14-13(15-19-11)10-6-4-3-5-7-10/h3-7H,8-9H2,1-2H3. The zero-order valence-corrected chi connectivity index (χ0v) is 10.9. The van der Waals surface area contributed by atoms with Crippen LogP contribution in [-0.4, -0.2) is 41.7 Å². The molecule has 0 unspecified atom stereocenters. The summed E-state index contributed by atoms with van der Waals surface area (Å²) in [4.78, 5) is 17.1. The van der Waals surface area contributed by atoms with E-state index in [1.165, 1.54) is 7.11 Å². The third kappa shape index (κ3) is 3.62. The molecule has 100 valence electrons. The van der Waals surface area contributed by atoms with Crippen LogP contribution < -0.4 is 0 Å². The Kier molecular flexibility index (Phi) is 4.25. The molecule has 0 aliphatic rings. The largest absolute Gasteiger partial charge is 0.468 e. The van der Waals surface area contributed by atoms with Gasteiger partial charge in [0.25, 0.3) is 0 Å². The molecule has 2 aromatic rings. The number of rotatable bonds is 5. The Morgan fingerprint density at radius 2 is 2.11 bits per heavy atom. The maximum Gasteiger partial charge on any atom is 0.319 e. The Bertz CT molecular complexity index is 539. The molecule has 2 rings (SSSR count). The first-order chi connectivity index (χ1) is 9.19. The molecule has 0 amide bonds. The summed E-state index contributed by atoms with van der Waals surface area (Å²) in [6.45, 7) is 0.578. The van der Waals surface area contributed by atoms with Crippen molar-refractivity contribution in [2.75, 3.05) is 20.7 Å². The van der Waals surface area contributed by atoms with Gasteiger partial charge in [0.05, 0.1) is 20.2 Å². The van der Waals surface area contributed by atoms with Gasteiger partial charge in [0.1, 0.15) is 0 Å². The van der Waals surface area contributed by atoms with Crippen molar-refractivity contribution in [3.63, 3.8) is 0 Å². The number of esters is 1. The van der Waals surface area contributed by atoms with Crippen LogP contribution in [0.5, 0.6) is 0 Å². The van der Waals surface area contributed by atoms with Crippen LogP contribution in [0.15, 0.2) is 34.9 Å². The molecule has 0 saturated carbocycles. The van der Waals surface area contributed by atoms with E-state index < -0.39 is 0 Å². The number of benzene rings is 1. The van der Waals surface area contributed by atoms with Crippen LogP contribution in [0.3, 0.4) is 0 Å². The van der Waals surface area contributed by atoms with Gasteiger partial charge in [-0.25, -0.2) is 0 Å². The number of likely N-dealkylation sites (N-methyl/N-ethyl adjacent to an activating group) is 1. The predicted molar refractivity (Wildman–Crippen MR) is 68.1 cm³/mol. The first kappa shape index (κ1) is 13.2. The molecule has 0 spiro atoms. The topological polar surface area (TPSA) is 68.5 Å². The van der Waals surface area contributed by atoms with Crippen molar-refractivity contribution in [2.45, 2.75) is 6.54 Å². The average Bonchev–Trinajstić information content (AvgIpc) is 2.88. The summed E-state index contributed by atoms with van der Waals surface area (Å²) in [5.41, 5.74) is 0.896. The Morgan fingerprint density at radius 1 is 1.37 bits per heavy atom. The van der Waals surface area contributed by atoms with Gasteiger partial charge in [-0.3, -0.25) is 9.69 Å². The zero-order valence-electron chi connectivity index (χ0n) is 10.9. The van der Waals surface area contributed by atoms with Crippen molar-refractivity contribution < 1.29 is 14.1 Å². The third-order valence-corrected chi connectivity index (χ3v) is 2.53. The molecule has 0 radical (unpaired) electrons. The van der Waals surface area contributed by atoms with E-state index >= 15 is 0 Å². The van der Waals surface area contributed by atoms with Crippen molar-refractivity contribution >= 4 is 5.97 Å². The molecule has 0 saturated heterocycles. The van der Waals surface area contributed by atoms with Crippen LogP contribution in [-0.2, 0) is 16.1 Å². The second kappa shape index (κ2) is 6.10. The number of ether oxygens (including phenoxy) is 1. The Balaban J connectivity index is 2.00. The van der Waals surface area contributed by atoms with Crippen LogP contribution >= 0.6 is 0 Å². The van der Waals surface area contributed by atoms with Crippen molar-refractivity contribution in [3.8, 4) is 11.4 Å². The highest BCUT2D eigenvalue weighted by Gasteiger charge is 2.12. The number of methoxy groups -OCH3 is 1. The number of nitrogens with zero attached hydrogens (tertiary/aromatic N) is 3. The summed E-state index contributed by atoms with van der Waals surface area (Å²) >= 11 is 0. The highest BCUT2D eigenvalue weighted by Crippen LogP contribution is 2.15. The van der Waals surface area contributed by atoms with Gasteiger partial charge in [0.2, 0.25) is 11.7 Å². The van der Waals surface area contributed by atoms with Crippen LogP contribution in [0.2, 0.25) is 0 Å². The summed E-state index contributed by atoms with van der Waals surface area (Å²) in [5, 5.41) is 3.91. The quantitative estimate of drug-likeness (QED) is 0.757. The SMILES string of the molecule is COC(=O)CN(C)Cc1nc(-c2ccccc2)no1. The van der Waals surface area contributed by atoms with Crippen LogP contribution in [0.1, 0.15) is 5.89 Å². The molecule has 1 aromatic carbocycles. The maximum absolute atomic E-state index is 11.1. The second-order valence-corrected chi connectivity index (χ2v) is 4.13. The van der Waals surface area contributed by atoms with Crippen molar-refractivity contribution in [1.29, 1.82) is 0 Å². The lowest BCUT2D eigenvalue weighted by Crippen LogP contribution is -2.26. The molecule has 0 aliphatic heterocycles. The Morgan fingerprint density at radius 3 is 2.79 bits per heavy atom. The summed E-state index contributed by atoms with van der Waals surface area (Å²) in [7, 11) is 3.14. The molecule has 1 aromatic heterocycles. The molecule has 0 aliphatic carbocycles. The molecule has 19 heavy (non-hydrogen) atoms. The predicted octanol–water partition coefficient (Wildman–Crippen LogP) is 1.34. The molecule has 6 nitrogen and oxygen atoms in total. The van der Waals surface area contributed by atoms with Crippen molar-refractivity contribution in [2.24, 2.45) is 0 Å². The average molecular weight is 261 g/mol. The van der Waals surface area contributed by atoms with Gasteiger partial charge in [-0.1, -0.05) is 35.5 Å². The number of hydrogen-bond donors (Lipinski definition) is 0. The minimum atomic E-state index is -0.301. The van der Waals surface area contributed by atoms with E-state index in [-0.39, 0.29) is 12.5 Å². The lowest BCUT2D eigenvalue weighted by Gasteiger charge is -2.11. The lowest BCUT2D eigenvalue weighted by atomic mass is 10.2. The first-order valence-electron chi connectivity index (χ1n) is 5.82. The molecule has 6 heteroatoms. The van der Waals surface area contributed by atoms with E-state index in [9.17, 15) is 4.79 Å². The highest BCUT2D eigenvalue weighted by molar-refractivity contribution is 5.71. The van der Waals surface area contributed by atoms with Gasteiger partial charge in [-0.15, -0.1) is 0 Å². The smallest absolute Gasteiger partial charge is 0.319 e. The van der Waals surface area contributed by atoms with Crippen molar-refractivity contribution in [1.82, 2.24) is 15.0 Å². The fourth-order valence-electron chi connectivity index (χ4n) is 1.60. The van der Waals surface area contributed by atoms with Gasteiger partial charge >= 0.3 is 5.97 Å². The molecule has 1 heterocycles. The summed E-state index contributed by atoms with van der Waals surface area (Å²) < 4.78 is 9.74. The summed E-state index contributed by atoms with van der Waals surface area (Å²) in [6.07, 6.45) is 0. The van der Waals surface area contributed by atoms with E-state index in [4.69, 9.17) is 4.52 Å². The third-order valence-electron chi connectivity index (χ3n) is 2.53. The monoisotopic (exact) mass is 261 g/mol. The zero-order chi connectivity index (χ0) is 13.7. The normalized spacial score (nSPS) is 10.7. The van der Waals surface area contributed by atoms with Crippen LogP contribution in [0, 0.1) is 0 Å². The first-order valence-corrected chi connectivity index (χ1v) is 5.82. The molecular weight excluding hydrogens is 246 g/mol. The van der Waals surface area contributed by atoms with E-state index in [0.29, 0.717) is 18.3 Å². The number of hydrogen-bond acceptors (Lipinski definition) is 6. The van der Waals surface area contributed by atoms with Gasteiger partial charge < -0.3 is 9.26 Å².